The predicted octanol–water partition coefficient (Wildman–Crippen LogP) is 3.83. The van der Waals surface area contributed by atoms with Gasteiger partial charge in [0, 0.05) is 29.0 Å². The Morgan fingerprint density at radius 3 is 2.67 bits per heavy atom. The second-order valence-electron chi connectivity index (χ2n) is 5.29. The maximum Gasteiger partial charge on any atom is 0.0468 e. The predicted molar refractivity (Wildman–Crippen MR) is 78.4 cm³/mol. The van der Waals surface area contributed by atoms with Crippen molar-refractivity contribution in [3.8, 4) is 0 Å². The Hall–Kier alpha value is -0.380. The smallest absolute Gasteiger partial charge is 0.0468 e. The second kappa shape index (κ2) is 6.69. The molecule has 0 amide bonds. The third kappa shape index (κ3) is 3.56. The minimum Gasteiger partial charge on any atom is -0.381 e. The molecule has 102 valence electrons. The molecular formula is C15H25NOS. The minimum atomic E-state index is 0.537. The molecule has 0 aliphatic carbocycles. The molecule has 1 aromatic heterocycles. The van der Waals surface area contributed by atoms with E-state index in [1.807, 2.05) is 11.3 Å². The number of hydrogen-bond acceptors (Lipinski definition) is 3. The van der Waals surface area contributed by atoms with Gasteiger partial charge in [0.15, 0.2) is 0 Å². The van der Waals surface area contributed by atoms with Crippen LogP contribution in [0, 0.1) is 19.8 Å². The molecule has 2 heterocycles. The molecule has 0 aromatic carbocycles. The van der Waals surface area contributed by atoms with E-state index in [0.29, 0.717) is 6.04 Å². The van der Waals surface area contributed by atoms with Crippen LogP contribution in [0.25, 0.3) is 0 Å². The van der Waals surface area contributed by atoms with E-state index in [0.717, 1.165) is 25.7 Å². The average molecular weight is 267 g/mol. The Balaban J connectivity index is 2.02. The zero-order valence-corrected chi connectivity index (χ0v) is 12.6. The van der Waals surface area contributed by atoms with E-state index in [1.54, 1.807) is 0 Å². The zero-order chi connectivity index (χ0) is 13.0. The molecule has 1 unspecified atom stereocenters. The SMILES string of the molecule is CCNC(CC1CCOCC1)c1cc(C)c(C)s1. The highest BCUT2D eigenvalue weighted by atomic mass is 32.1. The van der Waals surface area contributed by atoms with E-state index < -0.39 is 0 Å². The summed E-state index contributed by atoms with van der Waals surface area (Å²) in [4.78, 5) is 2.97. The maximum atomic E-state index is 5.45. The number of ether oxygens (including phenoxy) is 1. The van der Waals surface area contributed by atoms with Crippen LogP contribution in [0.4, 0.5) is 0 Å². The van der Waals surface area contributed by atoms with Crippen molar-refractivity contribution in [2.75, 3.05) is 19.8 Å². The Morgan fingerprint density at radius 1 is 1.39 bits per heavy atom. The van der Waals surface area contributed by atoms with E-state index in [2.05, 4.69) is 32.2 Å². The molecule has 1 saturated heterocycles. The van der Waals surface area contributed by atoms with Crippen LogP contribution in [0.3, 0.4) is 0 Å². The van der Waals surface area contributed by atoms with Crippen molar-refractivity contribution >= 4 is 11.3 Å². The van der Waals surface area contributed by atoms with Crippen LogP contribution in [-0.2, 0) is 4.74 Å². The van der Waals surface area contributed by atoms with E-state index in [-0.39, 0.29) is 0 Å². The molecule has 0 radical (unpaired) electrons. The van der Waals surface area contributed by atoms with Crippen LogP contribution in [0.2, 0.25) is 0 Å². The van der Waals surface area contributed by atoms with Gasteiger partial charge in [0.25, 0.3) is 0 Å². The quantitative estimate of drug-likeness (QED) is 0.875. The van der Waals surface area contributed by atoms with Gasteiger partial charge in [-0.1, -0.05) is 6.92 Å². The van der Waals surface area contributed by atoms with Gasteiger partial charge in [-0.25, -0.2) is 0 Å². The molecule has 0 bridgehead atoms. The summed E-state index contributed by atoms with van der Waals surface area (Å²) in [5, 5.41) is 3.66. The van der Waals surface area contributed by atoms with Crippen LogP contribution >= 0.6 is 11.3 Å². The Labute approximate surface area is 115 Å². The molecule has 1 aliphatic heterocycles. The second-order valence-corrected chi connectivity index (χ2v) is 6.58. The van der Waals surface area contributed by atoms with E-state index >= 15 is 0 Å². The first kappa shape index (κ1) is 14.0. The van der Waals surface area contributed by atoms with Crippen LogP contribution < -0.4 is 5.32 Å². The Bertz CT molecular complexity index is 349. The fourth-order valence-corrected chi connectivity index (χ4v) is 3.77. The van der Waals surface area contributed by atoms with Crippen molar-refractivity contribution in [1.29, 1.82) is 0 Å². The first-order chi connectivity index (χ1) is 8.70. The fraction of sp³-hybridized carbons (Fsp3) is 0.733. The molecular weight excluding hydrogens is 242 g/mol. The van der Waals surface area contributed by atoms with Gasteiger partial charge in [-0.3, -0.25) is 0 Å². The largest absolute Gasteiger partial charge is 0.381 e. The summed E-state index contributed by atoms with van der Waals surface area (Å²) >= 11 is 1.96. The molecule has 1 atom stereocenters. The number of nitrogens with one attached hydrogen (secondary N) is 1. The van der Waals surface area contributed by atoms with Crippen molar-refractivity contribution in [2.45, 2.75) is 46.1 Å². The third-order valence-corrected chi connectivity index (χ3v) is 5.16. The van der Waals surface area contributed by atoms with Gasteiger partial charge in [0.1, 0.15) is 0 Å². The van der Waals surface area contributed by atoms with Gasteiger partial charge >= 0.3 is 0 Å². The highest BCUT2D eigenvalue weighted by Crippen LogP contribution is 2.32. The van der Waals surface area contributed by atoms with Crippen molar-refractivity contribution in [3.63, 3.8) is 0 Å². The highest BCUT2D eigenvalue weighted by Gasteiger charge is 2.21. The summed E-state index contributed by atoms with van der Waals surface area (Å²) in [6, 6.07) is 2.91. The van der Waals surface area contributed by atoms with E-state index in [1.165, 1.54) is 34.6 Å². The summed E-state index contributed by atoms with van der Waals surface area (Å²) < 4.78 is 5.45. The number of rotatable bonds is 5. The standard InChI is InChI=1S/C15H25NOS/c1-4-16-14(10-13-5-7-17-8-6-13)15-9-11(2)12(3)18-15/h9,13-14,16H,4-8,10H2,1-3H3. The third-order valence-electron chi connectivity index (χ3n) is 3.89. The van der Waals surface area contributed by atoms with Gasteiger partial charge in [-0.2, -0.15) is 0 Å². The van der Waals surface area contributed by atoms with Crippen LogP contribution in [0.5, 0.6) is 0 Å². The first-order valence-corrected chi connectivity index (χ1v) is 7.90. The highest BCUT2D eigenvalue weighted by molar-refractivity contribution is 7.12. The lowest BCUT2D eigenvalue weighted by Crippen LogP contribution is -2.25. The van der Waals surface area contributed by atoms with Crippen molar-refractivity contribution < 1.29 is 4.74 Å². The van der Waals surface area contributed by atoms with Crippen molar-refractivity contribution in [1.82, 2.24) is 5.32 Å². The van der Waals surface area contributed by atoms with Crippen LogP contribution in [-0.4, -0.2) is 19.8 Å². The summed E-state index contributed by atoms with van der Waals surface area (Å²) in [5.74, 6) is 0.825. The zero-order valence-electron chi connectivity index (χ0n) is 11.8. The molecule has 2 nitrogen and oxygen atoms in total. The lowest BCUT2D eigenvalue weighted by Gasteiger charge is -2.26. The van der Waals surface area contributed by atoms with Crippen LogP contribution in [0.15, 0.2) is 6.07 Å². The van der Waals surface area contributed by atoms with Gasteiger partial charge in [-0.05, 0) is 57.2 Å². The Morgan fingerprint density at radius 2 is 2.11 bits per heavy atom. The summed E-state index contributed by atoms with van der Waals surface area (Å²) in [6.45, 7) is 9.58. The van der Waals surface area contributed by atoms with E-state index in [4.69, 9.17) is 4.74 Å². The lowest BCUT2D eigenvalue weighted by atomic mass is 9.92. The summed E-state index contributed by atoms with van der Waals surface area (Å²) in [7, 11) is 0. The first-order valence-electron chi connectivity index (χ1n) is 7.08. The minimum absolute atomic E-state index is 0.537. The normalized spacial score (nSPS) is 19.1. The molecule has 1 aromatic rings. The van der Waals surface area contributed by atoms with Gasteiger partial charge in [0.2, 0.25) is 0 Å². The molecule has 1 aliphatic rings. The number of aryl methyl sites for hydroxylation is 2. The molecule has 2 rings (SSSR count). The molecule has 1 fully saturated rings. The monoisotopic (exact) mass is 267 g/mol. The molecule has 0 spiro atoms. The topological polar surface area (TPSA) is 21.3 Å². The Kier molecular flexibility index (Phi) is 5.22. The maximum absolute atomic E-state index is 5.45. The van der Waals surface area contributed by atoms with Crippen molar-refractivity contribution in [3.05, 3.63) is 21.4 Å². The van der Waals surface area contributed by atoms with Gasteiger partial charge in [-0.15, -0.1) is 11.3 Å². The summed E-state index contributed by atoms with van der Waals surface area (Å²) in [6.07, 6.45) is 3.72. The average Bonchev–Trinajstić information content (AvgIpc) is 2.70. The summed E-state index contributed by atoms with van der Waals surface area (Å²) in [5.41, 5.74) is 1.44. The molecule has 0 saturated carbocycles. The fourth-order valence-electron chi connectivity index (χ4n) is 2.64. The van der Waals surface area contributed by atoms with E-state index in [9.17, 15) is 0 Å². The molecule has 3 heteroatoms. The van der Waals surface area contributed by atoms with Gasteiger partial charge in [0.05, 0.1) is 0 Å². The molecule has 1 N–H and O–H groups in total. The lowest BCUT2D eigenvalue weighted by molar-refractivity contribution is 0.0607. The van der Waals surface area contributed by atoms with Crippen molar-refractivity contribution in [2.24, 2.45) is 5.92 Å². The van der Waals surface area contributed by atoms with Gasteiger partial charge < -0.3 is 10.1 Å². The number of hydrogen-bond donors (Lipinski definition) is 1. The molecule has 18 heavy (non-hydrogen) atoms. The number of thiophene rings is 1. The van der Waals surface area contributed by atoms with Crippen LogP contribution in [0.1, 0.15) is 47.5 Å².